The molecule has 1 spiro atoms. The monoisotopic (exact) mass is 1030 g/mol. The number of carbonyl (C=O) groups excluding carboxylic acids is 1. The lowest BCUT2D eigenvalue weighted by molar-refractivity contribution is -0.384. The third kappa shape index (κ3) is 10.6. The van der Waals surface area contributed by atoms with Crippen molar-refractivity contribution >= 4 is 44.0 Å². The molecule has 4 N–H and O–H groups in total. The van der Waals surface area contributed by atoms with Gasteiger partial charge in [0.15, 0.2) is 5.75 Å². The Hall–Kier alpha value is -6.80. The van der Waals surface area contributed by atoms with Crippen molar-refractivity contribution in [3.63, 3.8) is 0 Å². The minimum atomic E-state index is -4.60. The molecule has 5 heterocycles. The first kappa shape index (κ1) is 50.7. The van der Waals surface area contributed by atoms with Crippen molar-refractivity contribution in [2.24, 2.45) is 11.3 Å². The first-order valence-electron chi connectivity index (χ1n) is 25.4. The highest BCUT2D eigenvalue weighted by atomic mass is 32.2. The number of aliphatic hydroxyl groups is 1. The number of benzene rings is 3. The standard InChI is InChI=1S/C55H65N9O9S/c1-35(2)43-8-6-7-9-44(43)48-32-61(31-37-22-50(71-4)53(72-5)59-29-37)20-21-63(48)40-26-55(27-40)33-62(34-55)39-10-12-45(49(24-39)73-41-23-38-16-19-56-51(38)58-30-41)52(65)60-74(69,70)42-11-13-46(47(25-42)64(67)68)57-28-36-14-17-54(3,66)18-15-36/h6-13,16,19,22-25,29-30,35-36,40,48,57,66H,14-15,17-18,20-21,26-28,31-34H2,1-5H3,(H,56,58)(H,60,65)/t36-,48-,54-/m0/s1. The molecule has 19 heteroatoms. The zero-order valence-electron chi connectivity index (χ0n) is 42.5. The molecule has 0 bridgehead atoms. The van der Waals surface area contributed by atoms with Crippen LogP contribution in [0.15, 0.2) is 102 Å². The summed E-state index contributed by atoms with van der Waals surface area (Å²) in [6, 6.07) is 23.8. The van der Waals surface area contributed by atoms with Crippen LogP contribution in [-0.4, -0.2) is 114 Å². The Kier molecular flexibility index (Phi) is 14.0. The van der Waals surface area contributed by atoms with Crippen molar-refractivity contribution in [3.05, 3.63) is 130 Å². The van der Waals surface area contributed by atoms with Gasteiger partial charge in [0.1, 0.15) is 22.8 Å². The normalized spacial score (nSPS) is 21.3. The summed E-state index contributed by atoms with van der Waals surface area (Å²) in [4.78, 5) is 44.8. The maximum absolute atomic E-state index is 14.1. The minimum absolute atomic E-state index is 0.0427. The van der Waals surface area contributed by atoms with Crippen LogP contribution >= 0.6 is 0 Å². The van der Waals surface area contributed by atoms with Crippen LogP contribution in [0.4, 0.5) is 17.1 Å². The average molecular weight is 1030 g/mol. The smallest absolute Gasteiger partial charge is 0.293 e. The second-order valence-corrected chi connectivity index (χ2v) is 23.0. The van der Waals surface area contributed by atoms with Crippen molar-refractivity contribution in [1.29, 1.82) is 0 Å². The Morgan fingerprint density at radius 2 is 1.74 bits per heavy atom. The largest absolute Gasteiger partial charge is 0.491 e. The van der Waals surface area contributed by atoms with Gasteiger partial charge in [-0.05, 0) is 116 Å². The van der Waals surface area contributed by atoms with Gasteiger partial charge in [0.2, 0.25) is 0 Å². The van der Waals surface area contributed by atoms with E-state index in [1.165, 1.54) is 29.5 Å². The number of aromatic nitrogens is 3. The van der Waals surface area contributed by atoms with E-state index in [-0.39, 0.29) is 34.4 Å². The number of anilines is 2. The molecule has 74 heavy (non-hydrogen) atoms. The third-order valence-corrected chi connectivity index (χ3v) is 17.0. The van der Waals surface area contributed by atoms with E-state index in [1.54, 1.807) is 44.7 Å². The molecule has 4 aliphatic rings. The summed E-state index contributed by atoms with van der Waals surface area (Å²) in [5.41, 5.74) is 4.38. The number of rotatable bonds is 17. The van der Waals surface area contributed by atoms with Gasteiger partial charge in [0.05, 0.1) is 41.4 Å². The number of hydrogen-bond donors (Lipinski definition) is 4. The van der Waals surface area contributed by atoms with Gasteiger partial charge in [-0.15, -0.1) is 0 Å². The molecule has 4 fully saturated rings. The van der Waals surface area contributed by atoms with E-state index in [2.05, 4.69) is 77.8 Å². The number of H-pyrrole nitrogens is 1. The number of pyridine rings is 2. The Morgan fingerprint density at radius 1 is 0.959 bits per heavy atom. The number of nitrogens with one attached hydrogen (secondary N) is 3. The lowest BCUT2D eigenvalue weighted by Crippen LogP contribution is -2.68. The minimum Gasteiger partial charge on any atom is -0.491 e. The van der Waals surface area contributed by atoms with Crippen LogP contribution in [0.3, 0.4) is 0 Å². The Bertz CT molecular complexity index is 3160. The summed E-state index contributed by atoms with van der Waals surface area (Å²) in [6.07, 6.45) is 10.0. The molecule has 3 aromatic heterocycles. The molecule has 6 aromatic rings. The Balaban J connectivity index is 0.840. The second kappa shape index (κ2) is 20.5. The molecule has 0 radical (unpaired) electrons. The summed E-state index contributed by atoms with van der Waals surface area (Å²) in [5.74, 6) is 1.17. The number of methoxy groups -OCH3 is 2. The highest BCUT2D eigenvalue weighted by Gasteiger charge is 2.55. The van der Waals surface area contributed by atoms with Crippen molar-refractivity contribution in [3.8, 4) is 23.1 Å². The van der Waals surface area contributed by atoms with Crippen molar-refractivity contribution < 1.29 is 37.5 Å². The second-order valence-electron chi connectivity index (χ2n) is 21.3. The summed E-state index contributed by atoms with van der Waals surface area (Å²) < 4.78 is 47.2. The lowest BCUT2D eigenvalue weighted by Gasteiger charge is -2.63. The fourth-order valence-electron chi connectivity index (χ4n) is 11.6. The first-order valence-corrected chi connectivity index (χ1v) is 26.9. The van der Waals surface area contributed by atoms with Gasteiger partial charge >= 0.3 is 0 Å². The molecule has 18 nitrogen and oxygen atoms in total. The van der Waals surface area contributed by atoms with Crippen LogP contribution in [0.25, 0.3) is 11.0 Å². The van der Waals surface area contributed by atoms with Crippen molar-refractivity contribution in [2.45, 2.75) is 94.3 Å². The number of sulfonamides is 1. The summed E-state index contributed by atoms with van der Waals surface area (Å²) in [6.45, 7) is 11.8. The van der Waals surface area contributed by atoms with E-state index in [9.17, 15) is 28.4 Å². The SMILES string of the molecule is COc1cc(CN2CCN(C3CC4(C3)CN(c3ccc(C(=O)NS(=O)(=O)c5ccc(NC[C@H]6CC[C@](C)(O)CC6)c([N+](=O)[O-])c5)c(Oc5cnc6[nH]ccc6c5)c3)C4)[C@H](c3ccccc3C(C)C)C2)cnc1OC. The van der Waals surface area contributed by atoms with Crippen LogP contribution in [0.2, 0.25) is 0 Å². The zero-order valence-corrected chi connectivity index (χ0v) is 43.4. The van der Waals surface area contributed by atoms with Crippen LogP contribution in [-0.2, 0) is 16.6 Å². The molecule has 2 aliphatic heterocycles. The van der Waals surface area contributed by atoms with Crippen molar-refractivity contribution in [2.75, 3.05) is 63.7 Å². The molecule has 1 atom stereocenters. The van der Waals surface area contributed by atoms with Crippen LogP contribution < -0.4 is 29.1 Å². The molecule has 10 rings (SSSR count). The van der Waals surface area contributed by atoms with E-state index in [1.807, 2.05) is 25.3 Å². The van der Waals surface area contributed by atoms with Gasteiger partial charge in [-0.3, -0.25) is 24.7 Å². The van der Waals surface area contributed by atoms with E-state index in [4.69, 9.17) is 14.2 Å². The molecule has 2 saturated heterocycles. The number of amides is 1. The topological polar surface area (TPSA) is 218 Å². The van der Waals surface area contributed by atoms with E-state index in [0.29, 0.717) is 54.4 Å². The fourth-order valence-corrected chi connectivity index (χ4v) is 12.6. The van der Waals surface area contributed by atoms with Gasteiger partial charge in [-0.1, -0.05) is 38.1 Å². The predicted molar refractivity (Wildman–Crippen MR) is 282 cm³/mol. The van der Waals surface area contributed by atoms with E-state index in [0.717, 1.165) is 87.7 Å². The fraction of sp³-hybridized carbons (Fsp3) is 0.436. The van der Waals surface area contributed by atoms with E-state index < -0.39 is 37.0 Å². The number of hydrogen-bond acceptors (Lipinski definition) is 15. The molecule has 0 unspecified atom stereocenters. The number of carbonyl (C=O) groups is 1. The zero-order chi connectivity index (χ0) is 51.9. The van der Waals surface area contributed by atoms with Crippen molar-refractivity contribution in [1.82, 2.24) is 29.5 Å². The molecule has 2 aliphatic carbocycles. The molecule has 3 aromatic carbocycles. The average Bonchev–Trinajstić information content (AvgIpc) is 3.85. The van der Waals surface area contributed by atoms with Gasteiger partial charge in [0.25, 0.3) is 27.5 Å². The summed E-state index contributed by atoms with van der Waals surface area (Å²) >= 11 is 0. The van der Waals surface area contributed by atoms with Crippen LogP contribution in [0.1, 0.15) is 98.3 Å². The molecular formula is C55H65N9O9S. The maximum Gasteiger partial charge on any atom is 0.293 e. The number of nitrogens with zero attached hydrogens (tertiary/aromatic N) is 6. The summed E-state index contributed by atoms with van der Waals surface area (Å²) in [7, 11) is -1.37. The maximum atomic E-state index is 14.1. The van der Waals surface area contributed by atoms with Crippen LogP contribution in [0, 0.1) is 21.4 Å². The highest BCUT2D eigenvalue weighted by Crippen LogP contribution is 2.54. The number of nitro groups is 1. The Morgan fingerprint density at radius 3 is 2.49 bits per heavy atom. The van der Waals surface area contributed by atoms with Gasteiger partial charge in [-0.25, -0.2) is 23.1 Å². The third-order valence-electron chi connectivity index (χ3n) is 15.7. The predicted octanol–water partition coefficient (Wildman–Crippen LogP) is 8.80. The van der Waals surface area contributed by atoms with Gasteiger partial charge < -0.3 is 34.5 Å². The number of ether oxygens (including phenoxy) is 3. The van der Waals surface area contributed by atoms with Gasteiger partial charge in [-0.2, -0.15) is 0 Å². The number of aromatic amines is 1. The lowest BCUT2D eigenvalue weighted by atomic mass is 9.59. The number of fused-ring (bicyclic) bond motifs is 1. The molecular weight excluding hydrogens is 963 g/mol. The van der Waals surface area contributed by atoms with Crippen LogP contribution in [0.5, 0.6) is 23.1 Å². The number of piperazine rings is 1. The quantitative estimate of drug-likeness (QED) is 0.0496. The molecule has 1 amide bonds. The number of nitro benzene ring substituents is 1. The Labute approximate surface area is 431 Å². The summed E-state index contributed by atoms with van der Waals surface area (Å²) in [5, 5.41) is 26.5. The molecule has 390 valence electrons. The van der Waals surface area contributed by atoms with Gasteiger partial charge in [0, 0.05) is 98.9 Å². The molecule has 2 saturated carbocycles. The first-order chi connectivity index (χ1) is 35.5. The van der Waals surface area contributed by atoms with E-state index >= 15 is 0 Å². The highest BCUT2D eigenvalue weighted by molar-refractivity contribution is 7.90.